The molecule has 0 saturated heterocycles. The van der Waals surface area contributed by atoms with E-state index in [1.807, 2.05) is 54.6 Å². The number of carboxylic acids is 1. The van der Waals surface area contributed by atoms with Crippen LogP contribution in [-0.2, 0) is 28.9 Å². The lowest BCUT2D eigenvalue weighted by molar-refractivity contribution is -0.110. The Morgan fingerprint density at radius 3 is 2.15 bits per heavy atom. The molecule has 4 rings (SSSR count). The molecule has 1 heterocycles. The smallest absolute Gasteiger partial charge is 0.336 e. The van der Waals surface area contributed by atoms with Crippen LogP contribution in [0.3, 0.4) is 0 Å². The highest BCUT2D eigenvalue weighted by Crippen LogP contribution is 2.27. The van der Waals surface area contributed by atoms with Crippen molar-refractivity contribution < 1.29 is 24.2 Å². The number of unbranched alkanes of at least 4 members (excludes halogenated alkanes) is 1. The molecule has 0 saturated carbocycles. The number of benzene rings is 3. The zero-order chi connectivity index (χ0) is 28.6. The molecule has 0 aliphatic carbocycles. The Morgan fingerprint density at radius 1 is 0.875 bits per heavy atom. The predicted octanol–water partition coefficient (Wildman–Crippen LogP) is 5.58. The minimum absolute atomic E-state index is 0.0583. The van der Waals surface area contributed by atoms with E-state index in [4.69, 9.17) is 9.47 Å². The number of rotatable bonds is 12. The fourth-order valence-electron chi connectivity index (χ4n) is 4.92. The number of imidazole rings is 1. The molecule has 8 nitrogen and oxygen atoms in total. The van der Waals surface area contributed by atoms with Gasteiger partial charge in [-0.1, -0.05) is 86.1 Å². The third-order valence-corrected chi connectivity index (χ3v) is 6.91. The highest BCUT2D eigenvalue weighted by molar-refractivity contribution is 5.96. The summed E-state index contributed by atoms with van der Waals surface area (Å²) in [5.74, 6) is -1.35. The van der Waals surface area contributed by atoms with Gasteiger partial charge in [0.05, 0.1) is 18.5 Å². The van der Waals surface area contributed by atoms with Crippen molar-refractivity contribution in [2.45, 2.75) is 45.4 Å². The molecule has 0 fully saturated rings. The zero-order valence-electron chi connectivity index (χ0n) is 23.0. The van der Waals surface area contributed by atoms with Gasteiger partial charge in [-0.15, -0.1) is 0 Å². The van der Waals surface area contributed by atoms with Crippen LogP contribution in [0.25, 0.3) is 11.1 Å². The third kappa shape index (κ3) is 6.14. The van der Waals surface area contributed by atoms with Crippen LogP contribution in [-0.4, -0.2) is 40.3 Å². The summed E-state index contributed by atoms with van der Waals surface area (Å²) in [6.07, 6.45) is 1.45. The first-order valence-electron chi connectivity index (χ1n) is 13.3. The van der Waals surface area contributed by atoms with Gasteiger partial charge >= 0.3 is 11.7 Å². The van der Waals surface area contributed by atoms with Gasteiger partial charge in [0, 0.05) is 19.9 Å². The van der Waals surface area contributed by atoms with Crippen LogP contribution < -0.4 is 5.69 Å². The van der Waals surface area contributed by atoms with Crippen molar-refractivity contribution in [3.8, 4) is 11.1 Å². The molecule has 0 aliphatic rings. The molecule has 1 aromatic heterocycles. The van der Waals surface area contributed by atoms with E-state index in [0.717, 1.165) is 29.5 Å². The largest absolute Gasteiger partial charge is 0.478 e. The van der Waals surface area contributed by atoms with Gasteiger partial charge < -0.3 is 14.6 Å². The van der Waals surface area contributed by atoms with Crippen LogP contribution >= 0.6 is 0 Å². The van der Waals surface area contributed by atoms with Crippen molar-refractivity contribution in [1.29, 1.82) is 0 Å². The predicted molar refractivity (Wildman–Crippen MR) is 153 cm³/mol. The number of hydrogen-bond donors (Lipinski definition) is 1. The lowest BCUT2D eigenvalue weighted by Crippen LogP contribution is -2.32. The van der Waals surface area contributed by atoms with Crippen LogP contribution in [0.2, 0.25) is 0 Å². The first kappa shape index (κ1) is 28.7. The van der Waals surface area contributed by atoms with Crippen molar-refractivity contribution >= 4 is 11.9 Å². The second kappa shape index (κ2) is 13.2. The fourth-order valence-corrected chi connectivity index (χ4v) is 4.92. The summed E-state index contributed by atoms with van der Waals surface area (Å²) in [7, 11) is 2.97. The maximum absolute atomic E-state index is 13.9. The fraction of sp³-hybridized carbons (Fsp3) is 0.281. The van der Waals surface area contributed by atoms with Gasteiger partial charge in [-0.05, 0) is 41.2 Å². The maximum atomic E-state index is 13.9. The average Bonchev–Trinajstić information content (AvgIpc) is 3.24. The lowest BCUT2D eigenvalue weighted by atomic mass is 9.98. The Bertz CT molecular complexity index is 1520. The average molecular weight is 543 g/mol. The Kier molecular flexibility index (Phi) is 9.47. The SMILES string of the molecule is CCCCc1c(C(OC)OC)n(C(=O)Cc2ccccc2)c(=O)n1Cc1ccc(-c2ccccc2C(=O)O)cc1. The van der Waals surface area contributed by atoms with E-state index < -0.39 is 17.9 Å². The van der Waals surface area contributed by atoms with Gasteiger partial charge in [0.1, 0.15) is 5.69 Å². The second-order valence-electron chi connectivity index (χ2n) is 9.55. The first-order valence-corrected chi connectivity index (χ1v) is 13.3. The minimum atomic E-state index is -0.994. The number of carboxylic acid groups (broad SMARTS) is 1. The molecule has 0 amide bonds. The zero-order valence-corrected chi connectivity index (χ0v) is 23.0. The Balaban J connectivity index is 1.77. The summed E-state index contributed by atoms with van der Waals surface area (Å²) in [5, 5.41) is 9.57. The summed E-state index contributed by atoms with van der Waals surface area (Å²) in [6, 6.07) is 23.6. The number of nitrogens with zero attached hydrogens (tertiary/aromatic N) is 2. The van der Waals surface area contributed by atoms with Gasteiger partial charge in [-0.2, -0.15) is 0 Å². The number of methoxy groups -OCH3 is 2. The Hall–Kier alpha value is -4.27. The molecule has 0 unspecified atom stereocenters. The molecule has 0 aliphatic heterocycles. The third-order valence-electron chi connectivity index (χ3n) is 6.91. The number of hydrogen-bond acceptors (Lipinski definition) is 5. The van der Waals surface area contributed by atoms with E-state index in [1.54, 1.807) is 28.8 Å². The van der Waals surface area contributed by atoms with E-state index in [9.17, 15) is 19.5 Å². The number of ether oxygens (including phenoxy) is 2. The normalized spacial score (nSPS) is 11.2. The summed E-state index contributed by atoms with van der Waals surface area (Å²) >= 11 is 0. The molecular formula is C32H34N2O6. The van der Waals surface area contributed by atoms with Gasteiger partial charge in [0.15, 0.2) is 0 Å². The first-order chi connectivity index (χ1) is 19.4. The molecule has 0 atom stereocenters. The number of aromatic nitrogens is 2. The van der Waals surface area contributed by atoms with Crippen molar-refractivity contribution in [1.82, 2.24) is 9.13 Å². The van der Waals surface area contributed by atoms with Gasteiger partial charge in [-0.3, -0.25) is 9.36 Å². The van der Waals surface area contributed by atoms with Crippen molar-refractivity contribution in [3.05, 3.63) is 117 Å². The molecule has 208 valence electrons. The monoisotopic (exact) mass is 542 g/mol. The van der Waals surface area contributed by atoms with E-state index in [-0.39, 0.29) is 24.4 Å². The Morgan fingerprint density at radius 2 is 1.52 bits per heavy atom. The van der Waals surface area contributed by atoms with E-state index in [0.29, 0.717) is 23.4 Å². The van der Waals surface area contributed by atoms with Crippen LogP contribution in [0, 0.1) is 0 Å². The highest BCUT2D eigenvalue weighted by atomic mass is 16.7. The van der Waals surface area contributed by atoms with Crippen molar-refractivity contribution in [2.24, 2.45) is 0 Å². The van der Waals surface area contributed by atoms with Gasteiger partial charge in [0.2, 0.25) is 12.2 Å². The highest BCUT2D eigenvalue weighted by Gasteiger charge is 2.29. The summed E-state index contributed by atoms with van der Waals surface area (Å²) < 4.78 is 14.0. The van der Waals surface area contributed by atoms with E-state index in [1.165, 1.54) is 18.8 Å². The molecule has 3 aromatic carbocycles. The van der Waals surface area contributed by atoms with Crippen LogP contribution in [0.5, 0.6) is 0 Å². The van der Waals surface area contributed by atoms with E-state index in [2.05, 4.69) is 6.92 Å². The molecule has 0 spiro atoms. The number of carbonyl (C=O) groups excluding carboxylic acids is 1. The molecule has 0 radical (unpaired) electrons. The van der Waals surface area contributed by atoms with E-state index >= 15 is 0 Å². The molecule has 40 heavy (non-hydrogen) atoms. The van der Waals surface area contributed by atoms with Crippen LogP contribution in [0.1, 0.15) is 63.7 Å². The summed E-state index contributed by atoms with van der Waals surface area (Å²) in [4.78, 5) is 39.1. The summed E-state index contributed by atoms with van der Waals surface area (Å²) in [5.41, 5.74) is 3.90. The van der Waals surface area contributed by atoms with Crippen LogP contribution in [0.15, 0.2) is 83.7 Å². The molecular weight excluding hydrogens is 508 g/mol. The number of aromatic carboxylic acids is 1. The van der Waals surface area contributed by atoms with Crippen LogP contribution in [0.4, 0.5) is 0 Å². The molecule has 8 heteroatoms. The quantitative estimate of drug-likeness (QED) is 0.235. The lowest BCUT2D eigenvalue weighted by Gasteiger charge is -2.17. The number of carbonyl (C=O) groups is 2. The minimum Gasteiger partial charge on any atom is -0.478 e. The maximum Gasteiger partial charge on any atom is 0.336 e. The van der Waals surface area contributed by atoms with Crippen molar-refractivity contribution in [2.75, 3.05) is 14.2 Å². The topological polar surface area (TPSA) is 99.8 Å². The molecule has 4 aromatic rings. The van der Waals surface area contributed by atoms with Crippen molar-refractivity contribution in [3.63, 3.8) is 0 Å². The molecule has 0 bridgehead atoms. The Labute approximate surface area is 233 Å². The summed E-state index contributed by atoms with van der Waals surface area (Å²) in [6.45, 7) is 2.30. The second-order valence-corrected chi connectivity index (χ2v) is 9.55. The molecule has 1 N–H and O–H groups in total. The standard InChI is InChI=1S/C32H34N2O6/c1-4-5-15-27-29(31(39-2)40-3)34(28(35)20-22-11-7-6-8-12-22)32(38)33(27)21-23-16-18-24(19-17-23)25-13-9-10-14-26(25)30(36)37/h6-14,16-19,31H,4-5,15,20-21H2,1-3H3,(H,36,37). The van der Waals surface area contributed by atoms with Gasteiger partial charge in [-0.25, -0.2) is 14.2 Å². The van der Waals surface area contributed by atoms with Gasteiger partial charge in [0.25, 0.3) is 0 Å².